The predicted octanol–water partition coefficient (Wildman–Crippen LogP) is 6.61. The molecule has 8 nitrogen and oxygen atoms in total. The van der Waals surface area contributed by atoms with E-state index in [2.05, 4.69) is 0 Å². The van der Waals surface area contributed by atoms with Crippen LogP contribution in [0.2, 0.25) is 10.0 Å². The molecule has 0 fully saturated rings. The Morgan fingerprint density at radius 3 is 2.27 bits per heavy atom. The van der Waals surface area contributed by atoms with Gasteiger partial charge in [0.05, 0.1) is 37.4 Å². The third kappa shape index (κ3) is 4.39. The molecule has 45 heavy (non-hydrogen) atoms. The molecule has 226 valence electrons. The number of methoxy groups -OCH3 is 2. The second-order valence-corrected chi connectivity index (χ2v) is 11.8. The fourth-order valence-corrected chi connectivity index (χ4v) is 6.77. The Morgan fingerprint density at radius 2 is 1.51 bits per heavy atom. The molecule has 0 aliphatic carbocycles. The molecule has 2 aliphatic rings. The summed E-state index contributed by atoms with van der Waals surface area (Å²) in [5, 5.41) is 1.10. The zero-order chi connectivity index (χ0) is 31.5. The largest absolute Gasteiger partial charge is 0.493 e. The summed E-state index contributed by atoms with van der Waals surface area (Å²) in [5.74, 6) is -0.0151. The molecule has 3 heterocycles. The van der Waals surface area contributed by atoms with Crippen LogP contribution in [-0.2, 0) is 23.3 Å². The summed E-state index contributed by atoms with van der Waals surface area (Å²) >= 11 is 12.4. The number of ether oxygens (including phenoxy) is 2. The summed E-state index contributed by atoms with van der Waals surface area (Å²) in [7, 11) is 3.11. The number of nitrogens with zero attached hydrogens (tertiary/aromatic N) is 2. The third-order valence-electron chi connectivity index (χ3n) is 8.52. The molecule has 10 heteroatoms. The Morgan fingerprint density at radius 1 is 0.800 bits per heavy atom. The fourth-order valence-electron chi connectivity index (χ4n) is 6.47. The molecule has 0 N–H and O–H groups in total. The van der Waals surface area contributed by atoms with Crippen molar-refractivity contribution in [3.63, 3.8) is 0 Å². The van der Waals surface area contributed by atoms with Gasteiger partial charge in [-0.1, -0.05) is 59.6 Å². The van der Waals surface area contributed by atoms with Gasteiger partial charge in [-0.2, -0.15) is 0 Å². The van der Waals surface area contributed by atoms with Crippen LogP contribution < -0.4 is 19.8 Å². The van der Waals surface area contributed by atoms with Crippen molar-refractivity contribution < 1.29 is 23.5 Å². The van der Waals surface area contributed by atoms with Crippen molar-refractivity contribution in [2.24, 2.45) is 0 Å². The van der Waals surface area contributed by atoms with Gasteiger partial charge in [-0.3, -0.25) is 14.4 Å². The Labute approximate surface area is 268 Å². The van der Waals surface area contributed by atoms with Crippen LogP contribution in [0.3, 0.4) is 0 Å². The molecule has 5 aromatic rings. The molecule has 0 radical (unpaired) electrons. The minimum atomic E-state index is -1.76. The standard InChI is InChI=1S/C35H26Cl2N2O6/c1-43-28-13-9-20(17-29(28)44-2)15-16-39-33(41)32-30(31(40)24-18-23(37)12-14-27(24)45-32)35(39)25-5-3-4-6-26(25)38(34(35)42)19-21-7-10-22(36)11-8-21/h3-14,17-18H,15-16,19H2,1-2H3. The highest BCUT2D eigenvalue weighted by Crippen LogP contribution is 2.53. The lowest BCUT2D eigenvalue weighted by atomic mass is 9.83. The van der Waals surface area contributed by atoms with Gasteiger partial charge in [-0.05, 0) is 66.1 Å². The highest BCUT2D eigenvalue weighted by Gasteiger charge is 2.64. The fraction of sp³-hybridized carbons (Fsp3) is 0.171. The monoisotopic (exact) mass is 640 g/mol. The zero-order valence-electron chi connectivity index (χ0n) is 24.3. The number of hydrogen-bond donors (Lipinski definition) is 0. The van der Waals surface area contributed by atoms with Gasteiger partial charge < -0.3 is 23.7 Å². The number of rotatable bonds is 7. The highest BCUT2D eigenvalue weighted by molar-refractivity contribution is 6.31. The summed E-state index contributed by atoms with van der Waals surface area (Å²) in [5.41, 5.74) is 0.765. The van der Waals surface area contributed by atoms with E-state index in [0.717, 1.165) is 11.1 Å². The SMILES string of the molecule is COc1ccc(CCN2C(=O)c3oc4ccc(Cl)cc4c(=O)c3C23C(=O)N(Cc2ccc(Cl)cc2)c2ccccc23)cc1OC. The van der Waals surface area contributed by atoms with Crippen molar-refractivity contribution in [1.82, 2.24) is 4.90 Å². The maximum Gasteiger partial charge on any atom is 0.291 e. The Balaban J connectivity index is 1.42. The molecule has 2 amide bonds. The second kappa shape index (κ2) is 11.0. The summed E-state index contributed by atoms with van der Waals surface area (Å²) < 4.78 is 17.0. The second-order valence-electron chi connectivity index (χ2n) is 10.9. The first-order valence-electron chi connectivity index (χ1n) is 14.2. The molecular formula is C35H26Cl2N2O6. The van der Waals surface area contributed by atoms with Gasteiger partial charge in [0.25, 0.3) is 11.8 Å². The van der Waals surface area contributed by atoms with E-state index in [0.29, 0.717) is 39.2 Å². The first kappa shape index (κ1) is 29.0. The molecule has 2 aliphatic heterocycles. The third-order valence-corrected chi connectivity index (χ3v) is 9.01. The van der Waals surface area contributed by atoms with Gasteiger partial charge in [0.15, 0.2) is 22.5 Å². The number of halogens is 2. The lowest BCUT2D eigenvalue weighted by Crippen LogP contribution is -2.53. The Hall–Kier alpha value is -4.79. The van der Waals surface area contributed by atoms with E-state index in [1.165, 1.54) is 11.0 Å². The summed E-state index contributed by atoms with van der Waals surface area (Å²) in [6, 6.07) is 24.6. The quantitative estimate of drug-likeness (QED) is 0.199. The van der Waals surface area contributed by atoms with Crippen LogP contribution in [0.1, 0.15) is 32.8 Å². The zero-order valence-corrected chi connectivity index (χ0v) is 25.8. The van der Waals surface area contributed by atoms with Gasteiger partial charge >= 0.3 is 0 Å². The smallest absolute Gasteiger partial charge is 0.291 e. The Bertz CT molecular complexity index is 2080. The van der Waals surface area contributed by atoms with Gasteiger partial charge in [0, 0.05) is 22.2 Å². The predicted molar refractivity (Wildman–Crippen MR) is 172 cm³/mol. The van der Waals surface area contributed by atoms with Crippen molar-refractivity contribution >= 4 is 51.7 Å². The van der Waals surface area contributed by atoms with Crippen molar-refractivity contribution in [3.05, 3.63) is 133 Å². The van der Waals surface area contributed by atoms with Crippen LogP contribution in [0.5, 0.6) is 11.5 Å². The number of hydrogen-bond acceptors (Lipinski definition) is 6. The van der Waals surface area contributed by atoms with Crippen molar-refractivity contribution in [2.75, 3.05) is 25.7 Å². The van der Waals surface area contributed by atoms with Crippen LogP contribution in [0.4, 0.5) is 5.69 Å². The van der Waals surface area contributed by atoms with E-state index < -0.39 is 22.8 Å². The van der Waals surface area contributed by atoms with E-state index in [-0.39, 0.29) is 35.4 Å². The van der Waals surface area contributed by atoms with Gasteiger partial charge in [-0.15, -0.1) is 0 Å². The topological polar surface area (TPSA) is 89.3 Å². The lowest BCUT2D eigenvalue weighted by Gasteiger charge is -2.34. The molecule has 1 aromatic heterocycles. The molecule has 1 spiro atoms. The first-order chi connectivity index (χ1) is 21.8. The lowest BCUT2D eigenvalue weighted by molar-refractivity contribution is -0.126. The number of carbonyl (C=O) groups excluding carboxylic acids is 2. The van der Waals surface area contributed by atoms with E-state index in [1.807, 2.05) is 36.4 Å². The molecule has 1 atom stereocenters. The van der Waals surface area contributed by atoms with Crippen molar-refractivity contribution in [2.45, 2.75) is 18.5 Å². The summed E-state index contributed by atoms with van der Waals surface area (Å²) in [4.78, 5) is 46.8. The number of benzene rings is 4. The van der Waals surface area contributed by atoms with E-state index in [9.17, 15) is 14.4 Å². The molecule has 0 saturated heterocycles. The maximum atomic E-state index is 15.0. The van der Waals surface area contributed by atoms with Crippen molar-refractivity contribution in [3.8, 4) is 11.5 Å². The maximum absolute atomic E-state index is 15.0. The Kier molecular flexibility index (Phi) is 7.06. The highest BCUT2D eigenvalue weighted by atomic mass is 35.5. The minimum Gasteiger partial charge on any atom is -0.493 e. The molecule has 0 saturated carbocycles. The van der Waals surface area contributed by atoms with Crippen LogP contribution in [0.15, 0.2) is 94.1 Å². The minimum absolute atomic E-state index is 0.00867. The number of amides is 2. The average Bonchev–Trinajstić information content (AvgIpc) is 3.44. The van der Waals surface area contributed by atoms with Crippen LogP contribution in [0.25, 0.3) is 11.0 Å². The van der Waals surface area contributed by atoms with Crippen LogP contribution in [-0.4, -0.2) is 37.5 Å². The number of fused-ring (bicyclic) bond motifs is 5. The van der Waals surface area contributed by atoms with E-state index >= 15 is 0 Å². The van der Waals surface area contributed by atoms with E-state index in [1.54, 1.807) is 61.6 Å². The van der Waals surface area contributed by atoms with Crippen LogP contribution in [0, 0.1) is 0 Å². The van der Waals surface area contributed by atoms with Gasteiger partial charge in [0.1, 0.15) is 5.58 Å². The van der Waals surface area contributed by atoms with E-state index in [4.69, 9.17) is 37.1 Å². The molecule has 1 unspecified atom stereocenters. The van der Waals surface area contributed by atoms with Gasteiger partial charge in [0.2, 0.25) is 5.76 Å². The number of para-hydroxylation sites is 1. The van der Waals surface area contributed by atoms with Gasteiger partial charge in [-0.25, -0.2) is 0 Å². The van der Waals surface area contributed by atoms with Crippen LogP contribution >= 0.6 is 23.2 Å². The number of carbonyl (C=O) groups is 2. The molecule has 7 rings (SSSR count). The summed E-state index contributed by atoms with van der Waals surface area (Å²) in [6.45, 7) is 0.302. The first-order valence-corrected chi connectivity index (χ1v) is 15.0. The molecular weight excluding hydrogens is 615 g/mol. The van der Waals surface area contributed by atoms with Crippen molar-refractivity contribution in [1.29, 1.82) is 0 Å². The molecule has 0 bridgehead atoms. The average molecular weight is 642 g/mol. The number of anilines is 1. The summed E-state index contributed by atoms with van der Waals surface area (Å²) in [6.07, 6.45) is 0.355. The normalized spacial score (nSPS) is 16.9. The molecule has 4 aromatic carbocycles.